The van der Waals surface area contributed by atoms with E-state index in [1.807, 2.05) is 27.0 Å². The Morgan fingerprint density at radius 2 is 2.16 bits per heavy atom. The molecule has 2 rings (SSSR count). The van der Waals surface area contributed by atoms with Crippen LogP contribution in [0.2, 0.25) is 0 Å². The van der Waals surface area contributed by atoms with Crippen molar-refractivity contribution in [3.63, 3.8) is 0 Å². The average molecular weight is 264 g/mol. The van der Waals surface area contributed by atoms with Gasteiger partial charge in [-0.15, -0.1) is 0 Å². The lowest BCUT2D eigenvalue weighted by molar-refractivity contribution is -0.0976. The molecule has 1 aliphatic carbocycles. The third-order valence-electron chi connectivity index (χ3n) is 3.95. The van der Waals surface area contributed by atoms with E-state index in [4.69, 9.17) is 4.74 Å². The molecule has 1 heterocycles. The van der Waals surface area contributed by atoms with Crippen LogP contribution in [0.15, 0.2) is 6.07 Å². The second-order valence-electron chi connectivity index (χ2n) is 5.67. The van der Waals surface area contributed by atoms with E-state index >= 15 is 0 Å². The summed E-state index contributed by atoms with van der Waals surface area (Å²) < 4.78 is 5.74. The summed E-state index contributed by atoms with van der Waals surface area (Å²) in [7, 11) is 1.83. The Labute approximate surface area is 115 Å². The van der Waals surface area contributed by atoms with Crippen LogP contribution in [-0.4, -0.2) is 35.8 Å². The quantitative estimate of drug-likeness (QED) is 0.855. The van der Waals surface area contributed by atoms with Crippen LogP contribution in [0.25, 0.3) is 0 Å². The van der Waals surface area contributed by atoms with Crippen LogP contribution >= 0.6 is 0 Å². The van der Waals surface area contributed by atoms with Gasteiger partial charge in [0, 0.05) is 36.9 Å². The molecule has 1 saturated carbocycles. The van der Waals surface area contributed by atoms with Crippen LogP contribution in [0.5, 0.6) is 0 Å². The first kappa shape index (κ1) is 14.1. The molecule has 5 nitrogen and oxygen atoms in total. The lowest BCUT2D eigenvalue weighted by Gasteiger charge is -2.51. The molecule has 0 bridgehead atoms. The molecule has 0 aromatic carbocycles. The Morgan fingerprint density at radius 3 is 2.74 bits per heavy atom. The minimum absolute atomic E-state index is 0.134. The second-order valence-corrected chi connectivity index (χ2v) is 5.67. The summed E-state index contributed by atoms with van der Waals surface area (Å²) in [5, 5.41) is 6.48. The zero-order valence-corrected chi connectivity index (χ0v) is 12.4. The minimum atomic E-state index is 0.134. The third-order valence-corrected chi connectivity index (χ3v) is 3.95. The summed E-state index contributed by atoms with van der Waals surface area (Å²) in [4.78, 5) is 8.73. The molecule has 1 aliphatic rings. The van der Waals surface area contributed by atoms with Crippen molar-refractivity contribution >= 4 is 11.8 Å². The molecule has 1 aromatic rings. The molecule has 0 aliphatic heterocycles. The van der Waals surface area contributed by atoms with E-state index in [-0.39, 0.29) is 5.41 Å². The van der Waals surface area contributed by atoms with Crippen molar-refractivity contribution in [1.29, 1.82) is 0 Å². The Hall–Kier alpha value is -1.36. The molecule has 106 valence electrons. The predicted octanol–water partition coefficient (Wildman–Crippen LogP) is 2.44. The maximum absolute atomic E-state index is 5.74. The van der Waals surface area contributed by atoms with Gasteiger partial charge in [-0.1, -0.05) is 13.8 Å². The Balaban J connectivity index is 2.05. The normalized spacial score (nSPS) is 24.7. The van der Waals surface area contributed by atoms with Crippen molar-refractivity contribution in [3.8, 4) is 0 Å². The number of rotatable bonds is 5. The first-order valence-electron chi connectivity index (χ1n) is 6.89. The van der Waals surface area contributed by atoms with Crippen LogP contribution < -0.4 is 10.6 Å². The number of ether oxygens (including phenoxy) is 1. The van der Waals surface area contributed by atoms with Gasteiger partial charge < -0.3 is 15.4 Å². The molecule has 2 atom stereocenters. The lowest BCUT2D eigenvalue weighted by Crippen LogP contribution is -2.58. The summed E-state index contributed by atoms with van der Waals surface area (Å²) in [5.41, 5.74) is 1.09. The van der Waals surface area contributed by atoms with E-state index in [2.05, 4.69) is 34.4 Å². The van der Waals surface area contributed by atoms with Gasteiger partial charge in [0.25, 0.3) is 0 Å². The van der Waals surface area contributed by atoms with E-state index in [1.54, 1.807) is 0 Å². The molecular formula is C14H24N4O. The number of nitrogens with zero attached hydrogens (tertiary/aromatic N) is 2. The molecule has 0 spiro atoms. The van der Waals surface area contributed by atoms with Crippen LogP contribution in [0.3, 0.4) is 0 Å². The number of aromatic nitrogens is 2. The molecule has 5 heteroatoms. The molecule has 2 N–H and O–H groups in total. The largest absolute Gasteiger partial charge is 0.378 e. The lowest BCUT2D eigenvalue weighted by atomic mass is 9.64. The van der Waals surface area contributed by atoms with E-state index in [0.717, 1.165) is 24.5 Å². The summed E-state index contributed by atoms with van der Waals surface area (Å²) in [5.74, 6) is 1.53. The van der Waals surface area contributed by atoms with Crippen molar-refractivity contribution in [2.75, 3.05) is 24.3 Å². The Kier molecular flexibility index (Phi) is 3.94. The van der Waals surface area contributed by atoms with Crippen molar-refractivity contribution in [3.05, 3.63) is 11.8 Å². The fourth-order valence-corrected chi connectivity index (χ4v) is 2.55. The zero-order chi connectivity index (χ0) is 14.0. The smallest absolute Gasteiger partial charge is 0.224 e. The molecule has 0 radical (unpaired) electrons. The van der Waals surface area contributed by atoms with Gasteiger partial charge in [-0.05, 0) is 20.3 Å². The molecular weight excluding hydrogens is 240 g/mol. The fraction of sp³-hybridized carbons (Fsp3) is 0.714. The van der Waals surface area contributed by atoms with Crippen LogP contribution in [0.1, 0.15) is 32.9 Å². The summed E-state index contributed by atoms with van der Waals surface area (Å²) in [6.45, 7) is 9.27. The SMILES string of the molecule is CCOC1CC(Nc2cc(C)nc(NC)n2)C1(C)C. The van der Waals surface area contributed by atoms with Crippen LogP contribution in [0.4, 0.5) is 11.8 Å². The first-order chi connectivity index (χ1) is 8.97. The van der Waals surface area contributed by atoms with E-state index in [0.29, 0.717) is 18.1 Å². The van der Waals surface area contributed by atoms with Crippen molar-refractivity contribution in [1.82, 2.24) is 9.97 Å². The fourth-order valence-electron chi connectivity index (χ4n) is 2.55. The van der Waals surface area contributed by atoms with Gasteiger partial charge in [0.15, 0.2) is 0 Å². The Morgan fingerprint density at radius 1 is 1.42 bits per heavy atom. The predicted molar refractivity (Wildman–Crippen MR) is 77.5 cm³/mol. The van der Waals surface area contributed by atoms with Crippen molar-refractivity contribution in [2.24, 2.45) is 5.41 Å². The highest BCUT2D eigenvalue weighted by molar-refractivity contribution is 5.43. The maximum Gasteiger partial charge on any atom is 0.224 e. The maximum atomic E-state index is 5.74. The van der Waals surface area contributed by atoms with E-state index in [9.17, 15) is 0 Å². The number of nitrogens with one attached hydrogen (secondary N) is 2. The van der Waals surface area contributed by atoms with Gasteiger partial charge in [-0.25, -0.2) is 4.98 Å². The highest BCUT2D eigenvalue weighted by atomic mass is 16.5. The standard InChI is InChI=1S/C14H24N4O/c1-6-19-11-8-10(14(11,3)4)17-12-7-9(2)16-13(15-5)18-12/h7,10-11H,6,8H2,1-5H3,(H2,15,16,17,18). The zero-order valence-electron chi connectivity index (χ0n) is 12.4. The second kappa shape index (κ2) is 5.33. The molecule has 0 amide bonds. The molecule has 0 saturated heterocycles. The first-order valence-corrected chi connectivity index (χ1v) is 6.89. The number of hydrogen-bond donors (Lipinski definition) is 2. The average Bonchev–Trinajstić information content (AvgIpc) is 2.37. The van der Waals surface area contributed by atoms with Gasteiger partial charge in [-0.2, -0.15) is 4.98 Å². The minimum Gasteiger partial charge on any atom is -0.378 e. The van der Waals surface area contributed by atoms with E-state index in [1.165, 1.54) is 0 Å². The monoisotopic (exact) mass is 264 g/mol. The summed E-state index contributed by atoms with van der Waals surface area (Å²) in [6, 6.07) is 2.37. The topological polar surface area (TPSA) is 59.1 Å². The molecule has 2 unspecified atom stereocenters. The number of hydrogen-bond acceptors (Lipinski definition) is 5. The highest BCUT2D eigenvalue weighted by Gasteiger charge is 2.49. The summed E-state index contributed by atoms with van der Waals surface area (Å²) in [6.07, 6.45) is 1.36. The Bertz CT molecular complexity index is 447. The molecule has 19 heavy (non-hydrogen) atoms. The van der Waals surface area contributed by atoms with Crippen LogP contribution in [-0.2, 0) is 4.74 Å². The van der Waals surface area contributed by atoms with Gasteiger partial charge >= 0.3 is 0 Å². The van der Waals surface area contributed by atoms with Crippen LogP contribution in [0, 0.1) is 12.3 Å². The van der Waals surface area contributed by atoms with Gasteiger partial charge in [0.2, 0.25) is 5.95 Å². The number of aryl methyl sites for hydroxylation is 1. The van der Waals surface area contributed by atoms with Crippen molar-refractivity contribution in [2.45, 2.75) is 46.3 Å². The summed E-state index contributed by atoms with van der Waals surface area (Å²) >= 11 is 0. The van der Waals surface area contributed by atoms with Gasteiger partial charge in [-0.3, -0.25) is 0 Å². The number of anilines is 2. The third kappa shape index (κ3) is 2.81. The van der Waals surface area contributed by atoms with E-state index < -0.39 is 0 Å². The van der Waals surface area contributed by atoms with Crippen molar-refractivity contribution < 1.29 is 4.74 Å². The molecule has 1 fully saturated rings. The van der Waals surface area contributed by atoms with Gasteiger partial charge in [0.05, 0.1) is 6.10 Å². The van der Waals surface area contributed by atoms with Gasteiger partial charge in [0.1, 0.15) is 5.82 Å². The molecule has 1 aromatic heterocycles. The highest BCUT2D eigenvalue weighted by Crippen LogP contribution is 2.44.